The van der Waals surface area contributed by atoms with Crippen molar-refractivity contribution in [3.63, 3.8) is 0 Å². The average molecular weight is 193 g/mol. The van der Waals surface area contributed by atoms with Gasteiger partial charge < -0.3 is 0 Å². The molecule has 0 aliphatic heterocycles. The summed E-state index contributed by atoms with van der Waals surface area (Å²) in [5.41, 5.74) is 1.15. The highest BCUT2D eigenvalue weighted by atomic mass is 32.1. The van der Waals surface area contributed by atoms with Crippen LogP contribution in [0.3, 0.4) is 0 Å². The molecule has 0 saturated heterocycles. The molecule has 2 rings (SSSR count). The second kappa shape index (κ2) is 3.95. The van der Waals surface area contributed by atoms with Gasteiger partial charge >= 0.3 is 0 Å². The molecule has 0 spiro atoms. The Bertz CT molecular complexity index is 403. The molecule has 0 aliphatic rings. The van der Waals surface area contributed by atoms with Crippen LogP contribution in [-0.2, 0) is 6.54 Å². The predicted molar refractivity (Wildman–Crippen MR) is 47.9 cm³/mol. The van der Waals surface area contributed by atoms with Crippen molar-refractivity contribution in [1.82, 2.24) is 10.4 Å². The number of hydrogen-bond acceptors (Lipinski definition) is 5. The molecule has 1 aromatic carbocycles. The van der Waals surface area contributed by atoms with Crippen molar-refractivity contribution in [3.8, 4) is 0 Å². The van der Waals surface area contributed by atoms with Crippen LogP contribution in [0.2, 0.25) is 0 Å². The molecule has 0 atom stereocenters. The second-order valence-corrected chi connectivity index (χ2v) is 3.10. The molecule has 5 heteroatoms. The van der Waals surface area contributed by atoms with E-state index in [0.29, 0.717) is 11.3 Å². The van der Waals surface area contributed by atoms with E-state index in [1.165, 1.54) is 0 Å². The molecule has 13 heavy (non-hydrogen) atoms. The van der Waals surface area contributed by atoms with E-state index < -0.39 is 0 Å². The molecule has 0 saturated carbocycles. The Morgan fingerprint density at radius 2 is 2.15 bits per heavy atom. The molecule has 66 valence electrons. The number of rotatable bonds is 2. The fourth-order valence-electron chi connectivity index (χ4n) is 0.919. The summed E-state index contributed by atoms with van der Waals surface area (Å²) in [5.74, 6) is 0. The molecule has 0 fully saturated rings. The van der Waals surface area contributed by atoms with Gasteiger partial charge in [-0.2, -0.15) is 0 Å². The molecule has 1 heterocycles. The zero-order valence-corrected chi connectivity index (χ0v) is 7.57. The third-order valence-corrected chi connectivity index (χ3v) is 2.01. The van der Waals surface area contributed by atoms with Crippen LogP contribution in [0.15, 0.2) is 39.3 Å². The number of nitrogens with zero attached hydrogens (tertiary/aromatic N) is 3. The predicted octanol–water partition coefficient (Wildman–Crippen LogP) is 1.23. The van der Waals surface area contributed by atoms with E-state index in [1.807, 2.05) is 30.3 Å². The minimum atomic E-state index is 0.573. The number of benzene rings is 1. The van der Waals surface area contributed by atoms with E-state index in [2.05, 4.69) is 19.3 Å². The van der Waals surface area contributed by atoms with Crippen LogP contribution in [0, 0.1) is 0 Å². The van der Waals surface area contributed by atoms with Crippen LogP contribution >= 0.6 is 11.6 Å². The van der Waals surface area contributed by atoms with Crippen molar-refractivity contribution in [2.75, 3.05) is 0 Å². The Labute approximate surface area is 78.8 Å². The van der Waals surface area contributed by atoms with Crippen molar-refractivity contribution in [2.45, 2.75) is 6.54 Å². The van der Waals surface area contributed by atoms with Gasteiger partial charge in [0.05, 0.1) is 6.54 Å². The van der Waals surface area contributed by atoms with Gasteiger partial charge in [-0.15, -0.1) is 0 Å². The van der Waals surface area contributed by atoms with E-state index in [4.69, 9.17) is 0 Å². The van der Waals surface area contributed by atoms with Gasteiger partial charge in [-0.25, -0.2) is 4.99 Å². The smallest absolute Gasteiger partial charge is 0.266 e. The Morgan fingerprint density at radius 3 is 2.85 bits per heavy atom. The van der Waals surface area contributed by atoms with Gasteiger partial charge in [-0.05, 0) is 5.56 Å². The summed E-state index contributed by atoms with van der Waals surface area (Å²) in [6, 6.07) is 9.97. The highest BCUT2D eigenvalue weighted by Gasteiger charge is 1.89. The van der Waals surface area contributed by atoms with Gasteiger partial charge in [-0.3, -0.25) is 3.96 Å². The summed E-state index contributed by atoms with van der Waals surface area (Å²) in [7, 11) is 0. The fraction of sp³-hybridized carbons (Fsp3) is 0.125. The summed E-state index contributed by atoms with van der Waals surface area (Å²) in [6.07, 6.45) is 0. The van der Waals surface area contributed by atoms with Crippen molar-refractivity contribution in [3.05, 3.63) is 40.7 Å². The molecule has 0 N–H and O–H groups in total. The van der Waals surface area contributed by atoms with Gasteiger partial charge in [0.2, 0.25) is 0 Å². The Kier molecular flexibility index (Phi) is 2.47. The second-order valence-electron chi connectivity index (χ2n) is 2.42. The third kappa shape index (κ3) is 2.22. The highest BCUT2D eigenvalue weighted by Crippen LogP contribution is 1.98. The first-order valence-corrected chi connectivity index (χ1v) is 4.52. The minimum Gasteiger partial charge on any atom is -0.272 e. The highest BCUT2D eigenvalue weighted by molar-refractivity contribution is 6.99. The maximum Gasteiger partial charge on any atom is 0.266 e. The molecule has 0 bridgehead atoms. The molecule has 0 amide bonds. The van der Waals surface area contributed by atoms with E-state index in [1.54, 1.807) is 0 Å². The lowest BCUT2D eigenvalue weighted by Crippen LogP contribution is -1.98. The zero-order chi connectivity index (χ0) is 8.93. The lowest BCUT2D eigenvalue weighted by molar-refractivity contribution is 0.469. The Hall–Kier alpha value is -1.49. The van der Waals surface area contributed by atoms with Gasteiger partial charge in [0.25, 0.3) is 4.80 Å². The number of aromatic nitrogens is 2. The van der Waals surface area contributed by atoms with Crippen LogP contribution in [0.4, 0.5) is 0 Å². The van der Waals surface area contributed by atoms with Crippen molar-refractivity contribution in [1.29, 1.82) is 0 Å². The topological polar surface area (TPSA) is 51.3 Å². The summed E-state index contributed by atoms with van der Waals surface area (Å²) in [6.45, 7) is 0.617. The Morgan fingerprint density at radius 1 is 1.31 bits per heavy atom. The normalized spacial score (nSPS) is 11.8. The fourth-order valence-corrected chi connectivity index (χ4v) is 1.24. The lowest BCUT2D eigenvalue weighted by Gasteiger charge is -1.91. The Balaban J connectivity index is 2.13. The summed E-state index contributed by atoms with van der Waals surface area (Å²) < 4.78 is 4.59. The van der Waals surface area contributed by atoms with Crippen LogP contribution in [0.1, 0.15) is 5.56 Å². The first-order valence-electron chi connectivity index (χ1n) is 3.78. The van der Waals surface area contributed by atoms with Crippen LogP contribution in [-0.4, -0.2) is 10.4 Å². The molecule has 0 radical (unpaired) electrons. The van der Waals surface area contributed by atoms with Gasteiger partial charge in [-0.1, -0.05) is 35.4 Å². The van der Waals surface area contributed by atoms with Gasteiger partial charge in [0.15, 0.2) is 0 Å². The summed E-state index contributed by atoms with van der Waals surface area (Å²) >= 11 is 1.08. The largest absolute Gasteiger partial charge is 0.272 e. The lowest BCUT2D eigenvalue weighted by atomic mass is 10.2. The zero-order valence-electron chi connectivity index (χ0n) is 6.75. The van der Waals surface area contributed by atoms with Crippen LogP contribution < -0.4 is 4.80 Å². The maximum absolute atomic E-state index is 4.59. The van der Waals surface area contributed by atoms with Crippen LogP contribution in [0.5, 0.6) is 0 Å². The standard InChI is InChI=1S/C8H7N3OS/c1-2-4-7(5-3-1)6-9-8-10-11-12-13-8/h1-5H,6H2. The molecule has 1 aromatic heterocycles. The van der Waals surface area contributed by atoms with Gasteiger partial charge in [0, 0.05) is 5.27 Å². The quantitative estimate of drug-likeness (QED) is 0.720. The maximum atomic E-state index is 4.59. The molecule has 4 nitrogen and oxygen atoms in total. The van der Waals surface area contributed by atoms with E-state index >= 15 is 0 Å². The number of hydrogen-bond donors (Lipinski definition) is 0. The SMILES string of the molecule is c1ccc(CN=c2nnos2)cc1. The first kappa shape index (κ1) is 8.12. The molecule has 2 aromatic rings. The van der Waals surface area contributed by atoms with Gasteiger partial charge in [0.1, 0.15) is 11.6 Å². The van der Waals surface area contributed by atoms with Crippen molar-refractivity contribution in [2.24, 2.45) is 4.99 Å². The monoisotopic (exact) mass is 193 g/mol. The summed E-state index contributed by atoms with van der Waals surface area (Å²) in [5, 5.41) is 7.00. The summed E-state index contributed by atoms with van der Waals surface area (Å²) in [4.78, 5) is 4.76. The molecule has 0 unspecified atom stereocenters. The van der Waals surface area contributed by atoms with E-state index in [-0.39, 0.29) is 0 Å². The third-order valence-electron chi connectivity index (χ3n) is 1.51. The molecular formula is C8H7N3OS. The first-order chi connectivity index (χ1) is 6.45. The van der Waals surface area contributed by atoms with Crippen LogP contribution in [0.25, 0.3) is 0 Å². The average Bonchev–Trinajstić information content (AvgIpc) is 2.69. The molecule has 0 aliphatic carbocycles. The van der Waals surface area contributed by atoms with E-state index in [0.717, 1.165) is 17.2 Å². The molecular weight excluding hydrogens is 186 g/mol. The minimum absolute atomic E-state index is 0.573. The van der Waals surface area contributed by atoms with Crippen molar-refractivity contribution < 1.29 is 3.96 Å². The van der Waals surface area contributed by atoms with Crippen molar-refractivity contribution >= 4 is 11.6 Å². The van der Waals surface area contributed by atoms with E-state index in [9.17, 15) is 0 Å².